The first-order chi connectivity index (χ1) is 16.9. The molecule has 1 saturated heterocycles. The number of allylic oxidation sites excluding steroid dienone is 2. The lowest BCUT2D eigenvalue weighted by Crippen LogP contribution is -2.28. The van der Waals surface area contributed by atoms with Gasteiger partial charge in [0.05, 0.1) is 34.6 Å². The zero-order valence-electron chi connectivity index (χ0n) is 18.8. The zero-order chi connectivity index (χ0) is 24.7. The van der Waals surface area contributed by atoms with E-state index in [9.17, 15) is 19.7 Å². The number of carbonyl (C=O) groups is 2. The highest BCUT2D eigenvalue weighted by Crippen LogP contribution is 2.52. The van der Waals surface area contributed by atoms with Crippen molar-refractivity contribution in [2.24, 2.45) is 28.8 Å². The van der Waals surface area contributed by atoms with Crippen LogP contribution in [0.4, 0.5) is 5.69 Å². The van der Waals surface area contributed by atoms with Crippen LogP contribution in [0.2, 0.25) is 5.02 Å². The van der Waals surface area contributed by atoms with Gasteiger partial charge in [-0.25, -0.2) is 0 Å². The minimum atomic E-state index is -0.466. The highest BCUT2D eigenvalue weighted by molar-refractivity contribution is 6.32. The van der Waals surface area contributed by atoms with Gasteiger partial charge in [0, 0.05) is 12.1 Å². The molecule has 0 radical (unpaired) electrons. The van der Waals surface area contributed by atoms with Gasteiger partial charge in [0.2, 0.25) is 0 Å². The second kappa shape index (κ2) is 9.14. The summed E-state index contributed by atoms with van der Waals surface area (Å²) in [6, 6.07) is 9.29. The lowest BCUT2D eigenvalue weighted by Gasteiger charge is -2.15. The highest BCUT2D eigenvalue weighted by Gasteiger charge is 2.59. The molecule has 1 aliphatic heterocycles. The molecular formula is C25H22ClN3O6. The Morgan fingerprint density at radius 3 is 2.37 bits per heavy atom. The number of benzene rings is 2. The standard InChI is InChI=1S/C25H22ClN3O6/c1-2-34-20-10-15(9-19(26)23(20)35-13-14-3-7-18(8-4-14)29(32)33)12-27-28-24(30)21-16-5-6-17(11-16)22(21)25(28)31/h3-10,12,16-17,21-22H,2,11,13H2,1H3. The van der Waals surface area contributed by atoms with Gasteiger partial charge in [-0.05, 0) is 60.6 Å². The molecule has 9 nitrogen and oxygen atoms in total. The van der Waals surface area contributed by atoms with E-state index >= 15 is 0 Å². The Hall–Kier alpha value is -3.72. The third-order valence-electron chi connectivity index (χ3n) is 6.63. The maximum Gasteiger partial charge on any atom is 0.269 e. The van der Waals surface area contributed by atoms with E-state index in [-0.39, 0.29) is 52.8 Å². The molecule has 2 fully saturated rings. The normalized spacial score (nSPS) is 24.5. The summed E-state index contributed by atoms with van der Waals surface area (Å²) < 4.78 is 11.6. The number of hydrogen-bond acceptors (Lipinski definition) is 7. The van der Waals surface area contributed by atoms with E-state index in [0.717, 1.165) is 17.0 Å². The summed E-state index contributed by atoms with van der Waals surface area (Å²) >= 11 is 6.47. The van der Waals surface area contributed by atoms with Crippen LogP contribution < -0.4 is 9.47 Å². The fraction of sp³-hybridized carbons (Fsp3) is 0.320. The Morgan fingerprint density at radius 2 is 1.77 bits per heavy atom. The third-order valence-corrected chi connectivity index (χ3v) is 6.91. The van der Waals surface area contributed by atoms with E-state index in [1.807, 2.05) is 19.1 Å². The van der Waals surface area contributed by atoms with Gasteiger partial charge < -0.3 is 9.47 Å². The Kier molecular flexibility index (Phi) is 6.02. The minimum Gasteiger partial charge on any atom is -0.490 e. The van der Waals surface area contributed by atoms with Gasteiger partial charge in [0.25, 0.3) is 17.5 Å². The van der Waals surface area contributed by atoms with Gasteiger partial charge >= 0.3 is 0 Å². The average Bonchev–Trinajstić information content (AvgIpc) is 3.52. The molecule has 3 aliphatic rings. The van der Waals surface area contributed by atoms with Gasteiger partial charge in [0.1, 0.15) is 6.61 Å². The van der Waals surface area contributed by atoms with Gasteiger partial charge in [-0.15, -0.1) is 0 Å². The molecule has 2 amide bonds. The van der Waals surface area contributed by atoms with Crippen LogP contribution in [-0.4, -0.2) is 34.6 Å². The van der Waals surface area contributed by atoms with Crippen molar-refractivity contribution in [2.75, 3.05) is 6.61 Å². The first kappa shape index (κ1) is 23.0. The summed E-state index contributed by atoms with van der Waals surface area (Å²) in [6.45, 7) is 2.30. The molecule has 2 aromatic carbocycles. The van der Waals surface area contributed by atoms with Crippen molar-refractivity contribution in [3.05, 3.63) is 74.8 Å². The van der Waals surface area contributed by atoms with E-state index in [1.54, 1.807) is 24.3 Å². The van der Waals surface area contributed by atoms with Crippen molar-refractivity contribution in [2.45, 2.75) is 20.0 Å². The van der Waals surface area contributed by atoms with E-state index in [2.05, 4.69) is 5.10 Å². The molecule has 2 aromatic rings. The summed E-state index contributed by atoms with van der Waals surface area (Å²) in [6.07, 6.45) is 6.35. The predicted octanol–water partition coefficient (Wildman–Crippen LogP) is 4.37. The number of nitro benzene ring substituents is 1. The Labute approximate surface area is 206 Å². The Morgan fingerprint density at radius 1 is 1.11 bits per heavy atom. The number of carbonyl (C=O) groups excluding carboxylic acids is 2. The van der Waals surface area contributed by atoms with Crippen LogP contribution in [-0.2, 0) is 16.2 Å². The van der Waals surface area contributed by atoms with Gasteiger partial charge in [0.15, 0.2) is 11.5 Å². The molecule has 4 unspecified atom stereocenters. The van der Waals surface area contributed by atoms with Crippen LogP contribution in [0.15, 0.2) is 53.7 Å². The number of amides is 2. The number of hydrazone groups is 1. The molecule has 1 saturated carbocycles. The van der Waals surface area contributed by atoms with E-state index in [4.69, 9.17) is 21.1 Å². The Balaban J connectivity index is 1.32. The molecule has 1 heterocycles. The first-order valence-corrected chi connectivity index (χ1v) is 11.7. The first-order valence-electron chi connectivity index (χ1n) is 11.3. The quantitative estimate of drug-likeness (QED) is 0.177. The van der Waals surface area contributed by atoms with Crippen molar-refractivity contribution in [1.29, 1.82) is 0 Å². The number of halogens is 1. The second-order valence-electron chi connectivity index (χ2n) is 8.71. The monoisotopic (exact) mass is 495 g/mol. The van der Waals surface area contributed by atoms with Gasteiger partial charge in [-0.3, -0.25) is 19.7 Å². The summed E-state index contributed by atoms with van der Waals surface area (Å²) in [5.41, 5.74) is 1.26. The van der Waals surface area contributed by atoms with Crippen LogP contribution in [0.1, 0.15) is 24.5 Å². The van der Waals surface area contributed by atoms with Crippen LogP contribution in [0, 0.1) is 33.8 Å². The topological polar surface area (TPSA) is 111 Å². The largest absolute Gasteiger partial charge is 0.490 e. The van der Waals surface area contributed by atoms with Crippen LogP contribution in [0.25, 0.3) is 0 Å². The minimum absolute atomic E-state index is 0.00654. The van der Waals surface area contributed by atoms with Gasteiger partial charge in [-0.2, -0.15) is 10.1 Å². The smallest absolute Gasteiger partial charge is 0.269 e. The van der Waals surface area contributed by atoms with E-state index in [0.29, 0.717) is 23.7 Å². The van der Waals surface area contributed by atoms with Crippen LogP contribution >= 0.6 is 11.6 Å². The zero-order valence-corrected chi connectivity index (χ0v) is 19.6. The molecule has 2 aliphatic carbocycles. The van der Waals surface area contributed by atoms with E-state index < -0.39 is 4.92 Å². The second-order valence-corrected chi connectivity index (χ2v) is 9.12. The maximum atomic E-state index is 12.8. The average molecular weight is 496 g/mol. The predicted molar refractivity (Wildman–Crippen MR) is 127 cm³/mol. The summed E-state index contributed by atoms with van der Waals surface area (Å²) in [4.78, 5) is 36.0. The molecule has 2 bridgehead atoms. The highest BCUT2D eigenvalue weighted by atomic mass is 35.5. The lowest BCUT2D eigenvalue weighted by atomic mass is 9.85. The molecule has 35 heavy (non-hydrogen) atoms. The SMILES string of the molecule is CCOc1cc(C=NN2C(=O)C3C4C=CC(C4)C3C2=O)cc(Cl)c1OCc1ccc([N+](=O)[O-])cc1. The van der Waals surface area contributed by atoms with Crippen molar-refractivity contribution in [3.63, 3.8) is 0 Å². The van der Waals surface area contributed by atoms with Crippen LogP contribution in [0.5, 0.6) is 11.5 Å². The number of ether oxygens (including phenoxy) is 2. The summed E-state index contributed by atoms with van der Waals surface area (Å²) in [5.74, 6) is -0.212. The Bertz CT molecular complexity index is 1230. The van der Waals surface area contributed by atoms with Gasteiger partial charge in [-0.1, -0.05) is 23.8 Å². The van der Waals surface area contributed by atoms with Crippen LogP contribution in [0.3, 0.4) is 0 Å². The van der Waals surface area contributed by atoms with Crippen molar-refractivity contribution >= 4 is 35.3 Å². The molecule has 10 heteroatoms. The number of non-ortho nitro benzene ring substituents is 1. The molecule has 0 aromatic heterocycles. The fourth-order valence-corrected chi connectivity index (χ4v) is 5.33. The molecule has 0 spiro atoms. The summed E-state index contributed by atoms with van der Waals surface area (Å²) in [7, 11) is 0. The molecule has 4 atom stereocenters. The summed E-state index contributed by atoms with van der Waals surface area (Å²) in [5, 5.41) is 16.3. The number of nitrogens with zero attached hydrogens (tertiary/aromatic N) is 3. The van der Waals surface area contributed by atoms with E-state index in [1.165, 1.54) is 18.3 Å². The molecule has 0 N–H and O–H groups in total. The molecule has 5 rings (SSSR count). The number of nitro groups is 1. The third kappa shape index (κ3) is 4.16. The molecular weight excluding hydrogens is 474 g/mol. The van der Waals surface area contributed by atoms with Crippen molar-refractivity contribution < 1.29 is 24.0 Å². The maximum absolute atomic E-state index is 12.8. The number of hydrogen-bond donors (Lipinski definition) is 0. The van der Waals surface area contributed by atoms with Crippen molar-refractivity contribution in [1.82, 2.24) is 5.01 Å². The number of imide groups is 1. The van der Waals surface area contributed by atoms with Crippen molar-refractivity contribution in [3.8, 4) is 11.5 Å². The number of fused-ring (bicyclic) bond motifs is 5. The fourth-order valence-electron chi connectivity index (χ4n) is 5.06. The molecule has 180 valence electrons. The number of rotatable bonds is 8. The lowest BCUT2D eigenvalue weighted by molar-refractivity contribution is -0.384.